The van der Waals surface area contributed by atoms with E-state index in [1.165, 1.54) is 11.2 Å². The number of hydrogen-bond acceptors (Lipinski definition) is 4. The number of ketones is 1. The van der Waals surface area contributed by atoms with Crippen LogP contribution in [0.5, 0.6) is 0 Å². The normalized spacial score (nSPS) is 15.7. The summed E-state index contributed by atoms with van der Waals surface area (Å²) in [5, 5.41) is 0.755. The number of carbonyl (C=O) groups excluding carboxylic acids is 1. The van der Waals surface area contributed by atoms with Gasteiger partial charge in [0.15, 0.2) is 5.78 Å². The van der Waals surface area contributed by atoms with Crippen molar-refractivity contribution in [2.75, 3.05) is 31.1 Å². The summed E-state index contributed by atoms with van der Waals surface area (Å²) < 4.78 is 26.9. The van der Waals surface area contributed by atoms with Crippen LogP contribution >= 0.6 is 23.2 Å². The highest BCUT2D eigenvalue weighted by Gasteiger charge is 2.27. The van der Waals surface area contributed by atoms with Gasteiger partial charge < -0.3 is 4.90 Å². The Balaban J connectivity index is 1.63. The zero-order valence-corrected chi connectivity index (χ0v) is 17.2. The summed E-state index contributed by atoms with van der Waals surface area (Å²) in [5.74, 6) is -0.0724. The molecule has 0 bridgehead atoms. The second kappa shape index (κ2) is 8.19. The van der Waals surface area contributed by atoms with Crippen molar-refractivity contribution in [2.45, 2.75) is 12.7 Å². The predicted octanol–water partition coefficient (Wildman–Crippen LogP) is 3.85. The molecular weight excluding hydrogens is 407 g/mol. The lowest BCUT2D eigenvalue weighted by Crippen LogP contribution is -2.49. The number of halogens is 2. The van der Waals surface area contributed by atoms with E-state index in [4.69, 9.17) is 23.2 Å². The largest absolute Gasteiger partial charge is 0.369 e. The van der Waals surface area contributed by atoms with Crippen molar-refractivity contribution in [1.29, 1.82) is 0 Å². The molecule has 1 aliphatic rings. The van der Waals surface area contributed by atoms with Crippen molar-refractivity contribution in [3.63, 3.8) is 0 Å². The van der Waals surface area contributed by atoms with E-state index < -0.39 is 10.0 Å². The van der Waals surface area contributed by atoms with Gasteiger partial charge in [-0.1, -0.05) is 29.3 Å². The summed E-state index contributed by atoms with van der Waals surface area (Å²) in [6, 6.07) is 12.3. The summed E-state index contributed by atoms with van der Waals surface area (Å²) in [5.41, 5.74) is 2.27. The number of piperazine rings is 1. The lowest BCUT2D eigenvalue weighted by molar-refractivity contribution is 0.101. The predicted molar refractivity (Wildman–Crippen MR) is 109 cm³/mol. The van der Waals surface area contributed by atoms with Crippen molar-refractivity contribution < 1.29 is 13.2 Å². The average Bonchev–Trinajstić information content (AvgIpc) is 2.65. The highest BCUT2D eigenvalue weighted by atomic mass is 35.5. The summed E-state index contributed by atoms with van der Waals surface area (Å²) in [6.45, 7) is 3.56. The Morgan fingerprint density at radius 1 is 0.963 bits per heavy atom. The molecule has 0 atom stereocenters. The maximum Gasteiger partial charge on any atom is 0.218 e. The number of carbonyl (C=O) groups is 1. The first-order chi connectivity index (χ1) is 12.8. The van der Waals surface area contributed by atoms with Gasteiger partial charge in [-0.2, -0.15) is 4.31 Å². The van der Waals surface area contributed by atoms with Gasteiger partial charge in [0.2, 0.25) is 10.0 Å². The first-order valence-corrected chi connectivity index (χ1v) is 10.9. The van der Waals surface area contributed by atoms with E-state index >= 15 is 0 Å². The molecular formula is C19H20Cl2N2O3S. The Morgan fingerprint density at radius 3 is 2.15 bits per heavy atom. The highest BCUT2D eigenvalue weighted by Crippen LogP contribution is 2.25. The summed E-state index contributed by atoms with van der Waals surface area (Å²) >= 11 is 11.9. The Labute approximate surface area is 169 Å². The molecule has 27 heavy (non-hydrogen) atoms. The van der Waals surface area contributed by atoms with Crippen LogP contribution in [-0.2, 0) is 15.8 Å². The van der Waals surface area contributed by atoms with Crippen molar-refractivity contribution in [1.82, 2.24) is 4.31 Å². The summed E-state index contributed by atoms with van der Waals surface area (Å²) in [4.78, 5) is 13.5. The lowest BCUT2D eigenvalue weighted by atomic mass is 10.1. The molecule has 3 rings (SSSR count). The van der Waals surface area contributed by atoms with Crippen molar-refractivity contribution >= 4 is 44.7 Å². The van der Waals surface area contributed by atoms with Crippen molar-refractivity contribution in [3.8, 4) is 0 Å². The molecule has 144 valence electrons. The minimum atomic E-state index is -3.43. The van der Waals surface area contributed by atoms with Gasteiger partial charge in [-0.05, 0) is 48.9 Å². The number of hydrogen-bond donors (Lipinski definition) is 0. The number of benzene rings is 2. The average molecular weight is 427 g/mol. The monoisotopic (exact) mass is 426 g/mol. The zero-order chi connectivity index (χ0) is 19.6. The molecule has 5 nitrogen and oxygen atoms in total. The van der Waals surface area contributed by atoms with Crippen LogP contribution in [0.15, 0.2) is 42.5 Å². The van der Waals surface area contributed by atoms with Crippen LogP contribution in [0.2, 0.25) is 10.0 Å². The van der Waals surface area contributed by atoms with E-state index in [-0.39, 0.29) is 11.5 Å². The van der Waals surface area contributed by atoms with Gasteiger partial charge in [0.25, 0.3) is 0 Å². The fourth-order valence-corrected chi connectivity index (χ4v) is 4.89. The minimum absolute atomic E-state index is 0.0276. The zero-order valence-electron chi connectivity index (χ0n) is 14.9. The van der Waals surface area contributed by atoms with E-state index in [1.807, 2.05) is 12.1 Å². The fourth-order valence-electron chi connectivity index (χ4n) is 3.06. The van der Waals surface area contributed by atoms with E-state index in [9.17, 15) is 13.2 Å². The topological polar surface area (TPSA) is 57.7 Å². The van der Waals surface area contributed by atoms with Crippen LogP contribution < -0.4 is 4.90 Å². The molecule has 0 radical (unpaired) electrons. The maximum atomic E-state index is 12.7. The molecule has 0 aromatic heterocycles. The molecule has 1 saturated heterocycles. The van der Waals surface area contributed by atoms with E-state index in [0.29, 0.717) is 47.4 Å². The molecule has 2 aromatic rings. The molecule has 0 saturated carbocycles. The third-order valence-electron chi connectivity index (χ3n) is 4.60. The molecule has 0 spiro atoms. The van der Waals surface area contributed by atoms with Crippen LogP contribution in [0.1, 0.15) is 22.8 Å². The highest BCUT2D eigenvalue weighted by molar-refractivity contribution is 7.88. The first kappa shape index (κ1) is 20.1. The molecule has 0 aliphatic carbocycles. The Morgan fingerprint density at radius 2 is 1.59 bits per heavy atom. The van der Waals surface area contributed by atoms with Gasteiger partial charge in [0, 0.05) is 37.4 Å². The van der Waals surface area contributed by atoms with Gasteiger partial charge in [-0.15, -0.1) is 0 Å². The number of sulfonamides is 1. The second-order valence-corrected chi connectivity index (χ2v) is 9.28. The van der Waals surface area contributed by atoms with E-state index in [0.717, 1.165) is 5.69 Å². The Bertz CT molecular complexity index is 938. The number of nitrogens with zero attached hydrogens (tertiary/aromatic N) is 2. The first-order valence-electron chi connectivity index (χ1n) is 8.54. The standard InChI is InChI=1S/C19H20Cl2N2O3S/c1-14(24)16-3-5-17(6-4-16)22-8-10-23(11-9-22)27(25,26)13-15-2-7-18(20)19(21)12-15/h2-7,12H,8-11,13H2,1H3. The second-order valence-electron chi connectivity index (χ2n) is 6.49. The van der Waals surface area contributed by atoms with E-state index in [2.05, 4.69) is 4.90 Å². The van der Waals surface area contributed by atoms with Crippen molar-refractivity contribution in [2.24, 2.45) is 0 Å². The quantitative estimate of drug-likeness (QED) is 0.681. The van der Waals surface area contributed by atoms with Crippen molar-refractivity contribution in [3.05, 3.63) is 63.6 Å². The van der Waals surface area contributed by atoms with Gasteiger partial charge in [-0.3, -0.25) is 4.79 Å². The Kier molecular flexibility index (Phi) is 6.11. The molecule has 1 fully saturated rings. The lowest BCUT2D eigenvalue weighted by Gasteiger charge is -2.35. The fraction of sp³-hybridized carbons (Fsp3) is 0.316. The number of Topliss-reactive ketones (excluding diaryl/α,β-unsaturated/α-hetero) is 1. The number of anilines is 1. The van der Waals surface area contributed by atoms with Gasteiger partial charge in [0.05, 0.1) is 15.8 Å². The third-order valence-corrected chi connectivity index (χ3v) is 7.19. The number of rotatable bonds is 5. The van der Waals surface area contributed by atoms with Gasteiger partial charge in [0.1, 0.15) is 0 Å². The van der Waals surface area contributed by atoms with Crippen LogP contribution in [0, 0.1) is 0 Å². The summed E-state index contributed by atoms with van der Waals surface area (Å²) in [7, 11) is -3.43. The van der Waals surface area contributed by atoms with Crippen LogP contribution in [0.4, 0.5) is 5.69 Å². The van der Waals surface area contributed by atoms with Gasteiger partial charge >= 0.3 is 0 Å². The van der Waals surface area contributed by atoms with E-state index in [1.54, 1.807) is 30.3 Å². The SMILES string of the molecule is CC(=O)c1ccc(N2CCN(S(=O)(=O)Cc3ccc(Cl)c(Cl)c3)CC2)cc1. The maximum absolute atomic E-state index is 12.7. The minimum Gasteiger partial charge on any atom is -0.369 e. The molecule has 1 heterocycles. The van der Waals surface area contributed by atoms with Crippen LogP contribution in [-0.4, -0.2) is 44.7 Å². The smallest absolute Gasteiger partial charge is 0.218 e. The Hall–Kier alpha value is -1.60. The van der Waals surface area contributed by atoms with Crippen LogP contribution in [0.3, 0.4) is 0 Å². The molecule has 0 amide bonds. The molecule has 8 heteroatoms. The van der Waals surface area contributed by atoms with Crippen LogP contribution in [0.25, 0.3) is 0 Å². The molecule has 0 N–H and O–H groups in total. The molecule has 1 aliphatic heterocycles. The molecule has 0 unspecified atom stereocenters. The molecule has 2 aromatic carbocycles. The van der Waals surface area contributed by atoms with Gasteiger partial charge in [-0.25, -0.2) is 8.42 Å². The summed E-state index contributed by atoms with van der Waals surface area (Å²) in [6.07, 6.45) is 0. The third kappa shape index (κ3) is 4.82.